The lowest BCUT2D eigenvalue weighted by molar-refractivity contribution is 0.554. The van der Waals surface area contributed by atoms with Gasteiger partial charge in [-0.2, -0.15) is 0 Å². The van der Waals surface area contributed by atoms with Crippen LogP contribution in [-0.2, 0) is 17.6 Å². The van der Waals surface area contributed by atoms with Gasteiger partial charge in [0.15, 0.2) is 0 Å². The van der Waals surface area contributed by atoms with Crippen molar-refractivity contribution in [2.24, 2.45) is 0 Å². The van der Waals surface area contributed by atoms with E-state index in [0.29, 0.717) is 6.42 Å². The van der Waals surface area contributed by atoms with Crippen LogP contribution in [0, 0.1) is 0 Å². The summed E-state index contributed by atoms with van der Waals surface area (Å²) in [6.07, 6.45) is 3.09. The van der Waals surface area contributed by atoms with E-state index in [1.165, 1.54) is 0 Å². The summed E-state index contributed by atoms with van der Waals surface area (Å²) in [5.74, 6) is 0. The molecule has 0 aromatic carbocycles. The molecule has 1 rings (SSSR count). The summed E-state index contributed by atoms with van der Waals surface area (Å²) in [4.78, 5) is 14.1. The van der Waals surface area contributed by atoms with Gasteiger partial charge < -0.3 is 0 Å². The van der Waals surface area contributed by atoms with E-state index in [2.05, 4.69) is 4.98 Å². The zero-order chi connectivity index (χ0) is 7.40. The average molecular weight is 154 g/mol. The van der Waals surface area contributed by atoms with Crippen LogP contribution in [0.3, 0.4) is 0 Å². The Morgan fingerprint density at radius 1 is 1.80 bits per heavy atom. The van der Waals surface area contributed by atoms with Gasteiger partial charge in [0.25, 0.3) is 0 Å². The summed E-state index contributed by atoms with van der Waals surface area (Å²) >= 11 is 1.60. The molecule has 0 aliphatic heterocycles. The van der Waals surface area contributed by atoms with E-state index in [1.807, 2.05) is 18.6 Å². The van der Waals surface area contributed by atoms with Gasteiger partial charge in [0.2, 0.25) is 6.29 Å². The van der Waals surface area contributed by atoms with Gasteiger partial charge in [-0.15, -0.1) is 11.3 Å². The minimum atomic E-state index is 0.330. The molecule has 0 bridgehead atoms. The van der Waals surface area contributed by atoms with Crippen molar-refractivity contribution in [3.8, 4) is 0 Å². The smallest absolute Gasteiger partial charge is 0.204 e. The molecule has 0 saturated heterocycles. The Bertz CT molecular complexity index is 219. The fourth-order valence-corrected chi connectivity index (χ4v) is 1.41. The van der Waals surface area contributed by atoms with Crippen molar-refractivity contribution in [1.82, 2.24) is 4.98 Å². The van der Waals surface area contributed by atoms with E-state index in [9.17, 15) is 4.79 Å². The number of hydrogen-bond donors (Lipinski definition) is 0. The van der Waals surface area contributed by atoms with Crippen molar-refractivity contribution in [2.45, 2.75) is 19.8 Å². The molecule has 0 N–H and O–H groups in total. The van der Waals surface area contributed by atoms with Crippen molar-refractivity contribution in [1.29, 1.82) is 0 Å². The van der Waals surface area contributed by atoms with Gasteiger partial charge in [-0.3, -0.25) is 4.79 Å². The second-order valence-electron chi connectivity index (χ2n) is 1.91. The Hall–Kier alpha value is -0.700. The van der Waals surface area contributed by atoms with Crippen LogP contribution in [0.5, 0.6) is 0 Å². The topological polar surface area (TPSA) is 30.0 Å². The largest absolute Gasteiger partial charge is 0.290 e. The maximum atomic E-state index is 9.91. The first kappa shape index (κ1) is 7.41. The SMILES string of the molecule is CCc1nc(C[C]=O)cs1. The van der Waals surface area contributed by atoms with Gasteiger partial charge in [-0.25, -0.2) is 4.98 Å². The molecule has 1 aromatic heterocycles. The van der Waals surface area contributed by atoms with Crippen molar-refractivity contribution in [3.05, 3.63) is 16.1 Å². The first-order chi connectivity index (χ1) is 4.86. The Balaban J connectivity index is 2.67. The maximum absolute atomic E-state index is 9.91. The lowest BCUT2D eigenvalue weighted by Gasteiger charge is -1.82. The van der Waals surface area contributed by atoms with E-state index in [1.54, 1.807) is 11.3 Å². The molecule has 1 heterocycles. The molecular formula is C7H8NOS. The molecule has 53 valence electrons. The molecule has 0 aliphatic carbocycles. The van der Waals surface area contributed by atoms with Gasteiger partial charge in [-0.1, -0.05) is 6.92 Å². The Labute approximate surface area is 63.9 Å². The second-order valence-corrected chi connectivity index (χ2v) is 2.85. The van der Waals surface area contributed by atoms with Crippen molar-refractivity contribution in [3.63, 3.8) is 0 Å². The van der Waals surface area contributed by atoms with E-state index in [-0.39, 0.29) is 0 Å². The number of nitrogens with zero attached hydrogens (tertiary/aromatic N) is 1. The Morgan fingerprint density at radius 3 is 3.10 bits per heavy atom. The molecule has 3 heteroatoms. The molecule has 0 atom stereocenters. The van der Waals surface area contributed by atoms with Gasteiger partial charge >= 0.3 is 0 Å². The first-order valence-electron chi connectivity index (χ1n) is 3.15. The van der Waals surface area contributed by atoms with Crippen molar-refractivity contribution in [2.75, 3.05) is 0 Å². The van der Waals surface area contributed by atoms with E-state index in [4.69, 9.17) is 0 Å². The zero-order valence-electron chi connectivity index (χ0n) is 5.76. The summed E-state index contributed by atoms with van der Waals surface area (Å²) in [6, 6.07) is 0. The molecule has 0 spiro atoms. The number of aryl methyl sites for hydroxylation is 1. The molecule has 0 fully saturated rings. The quantitative estimate of drug-likeness (QED) is 0.658. The summed E-state index contributed by atoms with van der Waals surface area (Å²) in [6.45, 7) is 2.05. The van der Waals surface area contributed by atoms with E-state index >= 15 is 0 Å². The predicted octanol–water partition coefficient (Wildman–Crippen LogP) is 1.36. The van der Waals surface area contributed by atoms with Crippen LogP contribution in [0.2, 0.25) is 0 Å². The van der Waals surface area contributed by atoms with Crippen LogP contribution >= 0.6 is 11.3 Å². The molecule has 0 amide bonds. The van der Waals surface area contributed by atoms with E-state index in [0.717, 1.165) is 17.1 Å². The third-order valence-electron chi connectivity index (χ3n) is 1.16. The first-order valence-corrected chi connectivity index (χ1v) is 4.03. The third kappa shape index (κ3) is 1.64. The van der Waals surface area contributed by atoms with Crippen molar-refractivity contribution >= 4 is 17.6 Å². The molecule has 0 aliphatic rings. The van der Waals surface area contributed by atoms with Crippen LogP contribution in [0.4, 0.5) is 0 Å². The minimum absolute atomic E-state index is 0.330. The fraction of sp³-hybridized carbons (Fsp3) is 0.429. The van der Waals surface area contributed by atoms with Crippen LogP contribution in [0.1, 0.15) is 17.6 Å². The third-order valence-corrected chi connectivity index (χ3v) is 2.20. The van der Waals surface area contributed by atoms with Gasteiger partial charge in [0.05, 0.1) is 17.1 Å². The van der Waals surface area contributed by atoms with Crippen LogP contribution in [0.15, 0.2) is 5.38 Å². The standard InChI is InChI=1S/C7H8NOS/c1-2-7-8-6(3-4-9)5-10-7/h5H,2-3H2,1H3. The number of hydrogen-bond acceptors (Lipinski definition) is 3. The molecular weight excluding hydrogens is 146 g/mol. The summed E-state index contributed by atoms with van der Waals surface area (Å²) in [5.41, 5.74) is 0.844. The minimum Gasteiger partial charge on any atom is -0.290 e. The molecule has 0 unspecified atom stereocenters. The average Bonchev–Trinajstić information content (AvgIpc) is 2.37. The summed E-state index contributed by atoms with van der Waals surface area (Å²) in [7, 11) is 0. The Morgan fingerprint density at radius 2 is 2.60 bits per heavy atom. The van der Waals surface area contributed by atoms with Crippen molar-refractivity contribution < 1.29 is 4.79 Å². The monoisotopic (exact) mass is 154 g/mol. The predicted molar refractivity (Wildman–Crippen MR) is 40.9 cm³/mol. The maximum Gasteiger partial charge on any atom is 0.204 e. The molecule has 1 aromatic rings. The van der Waals surface area contributed by atoms with Gasteiger partial charge in [0, 0.05) is 5.38 Å². The molecule has 10 heavy (non-hydrogen) atoms. The highest BCUT2D eigenvalue weighted by atomic mass is 32.1. The van der Waals surface area contributed by atoms with Gasteiger partial charge in [-0.05, 0) is 6.42 Å². The lowest BCUT2D eigenvalue weighted by Crippen LogP contribution is -1.85. The highest BCUT2D eigenvalue weighted by Gasteiger charge is 1.97. The van der Waals surface area contributed by atoms with E-state index < -0.39 is 0 Å². The number of carbonyl (C=O) groups excluding carboxylic acids is 1. The number of aromatic nitrogens is 1. The highest BCUT2D eigenvalue weighted by Crippen LogP contribution is 2.09. The zero-order valence-corrected chi connectivity index (χ0v) is 6.57. The van der Waals surface area contributed by atoms with Gasteiger partial charge in [0.1, 0.15) is 0 Å². The van der Waals surface area contributed by atoms with Crippen LogP contribution in [-0.4, -0.2) is 11.3 Å². The fourth-order valence-electron chi connectivity index (χ4n) is 0.666. The van der Waals surface area contributed by atoms with Crippen LogP contribution in [0.25, 0.3) is 0 Å². The Kier molecular flexibility index (Phi) is 2.57. The molecule has 1 radical (unpaired) electrons. The lowest BCUT2D eigenvalue weighted by atomic mass is 10.4. The summed E-state index contributed by atoms with van der Waals surface area (Å²) in [5, 5.41) is 2.99. The normalized spacial score (nSPS) is 9.70. The highest BCUT2D eigenvalue weighted by molar-refractivity contribution is 7.09. The molecule has 0 saturated carbocycles. The number of rotatable bonds is 3. The van der Waals surface area contributed by atoms with Crippen LogP contribution < -0.4 is 0 Å². The molecule has 2 nitrogen and oxygen atoms in total. The number of thiazole rings is 1. The summed E-state index contributed by atoms with van der Waals surface area (Å²) < 4.78 is 0. The second kappa shape index (κ2) is 3.46.